The highest BCUT2D eigenvalue weighted by molar-refractivity contribution is 6.08. The number of rotatable bonds is 7. The number of aryl methyl sites for hydroxylation is 1. The van der Waals surface area contributed by atoms with Crippen LogP contribution in [-0.4, -0.2) is 52.9 Å². The molecule has 1 N–H and O–H groups in total. The Bertz CT molecular complexity index is 1620. The van der Waals surface area contributed by atoms with E-state index in [2.05, 4.69) is 21.2 Å². The van der Waals surface area contributed by atoms with Crippen LogP contribution in [0.4, 0.5) is 10.2 Å². The molecule has 0 saturated carbocycles. The third-order valence-corrected chi connectivity index (χ3v) is 8.40. The molecule has 0 spiro atoms. The number of amides is 1. The summed E-state index contributed by atoms with van der Waals surface area (Å²) in [4.78, 5) is 23.6. The first-order valence-electron chi connectivity index (χ1n) is 14.5. The number of aromatic nitrogens is 1. The predicted molar refractivity (Wildman–Crippen MR) is 160 cm³/mol. The number of pyridine rings is 1. The molecule has 0 bridgehead atoms. The van der Waals surface area contributed by atoms with Crippen LogP contribution in [0.1, 0.15) is 52.7 Å². The largest absolute Gasteiger partial charge is 0.366 e. The Labute approximate surface area is 240 Å². The molecule has 6 nitrogen and oxygen atoms in total. The van der Waals surface area contributed by atoms with Crippen molar-refractivity contribution in [2.45, 2.75) is 45.2 Å². The van der Waals surface area contributed by atoms with E-state index in [1.165, 1.54) is 18.9 Å². The van der Waals surface area contributed by atoms with Gasteiger partial charge >= 0.3 is 0 Å². The molecule has 6 rings (SSSR count). The zero-order chi connectivity index (χ0) is 28.3. The van der Waals surface area contributed by atoms with Gasteiger partial charge in [-0.25, -0.2) is 9.37 Å². The summed E-state index contributed by atoms with van der Waals surface area (Å²) in [6, 6.07) is 22.9. The van der Waals surface area contributed by atoms with Gasteiger partial charge in [0.15, 0.2) is 0 Å². The zero-order valence-electron chi connectivity index (χ0n) is 23.4. The second kappa shape index (κ2) is 11.7. The molecule has 0 unspecified atom stereocenters. The van der Waals surface area contributed by atoms with Crippen molar-refractivity contribution in [3.8, 4) is 17.2 Å². The van der Waals surface area contributed by atoms with Crippen LogP contribution >= 0.6 is 0 Å². The summed E-state index contributed by atoms with van der Waals surface area (Å²) in [6.45, 7) is 6.04. The average molecular weight is 548 g/mol. The number of nitriles is 1. The van der Waals surface area contributed by atoms with E-state index in [0.29, 0.717) is 29.1 Å². The molecule has 7 heteroatoms. The monoisotopic (exact) mass is 547 g/mol. The van der Waals surface area contributed by atoms with Crippen molar-refractivity contribution in [1.29, 1.82) is 5.26 Å². The second-order valence-electron chi connectivity index (χ2n) is 11.2. The molecule has 3 aromatic carbocycles. The molecule has 1 amide bonds. The van der Waals surface area contributed by atoms with E-state index in [1.54, 1.807) is 25.1 Å². The molecule has 2 aliphatic rings. The van der Waals surface area contributed by atoms with Gasteiger partial charge in [-0.05, 0) is 104 Å². The standard InChI is InChI=1S/C34H34FN5O/c1-23-6-7-25(17-31(23)35)21-37-33-19-30(34(41)40-16-4-5-28(40)22-39-14-2-3-15-39)29-18-27(12-13-32(29)38-33)26-10-8-24(20-36)9-11-26/h6-13,17-19,28H,2-5,14-16,21-22H2,1H3,(H,37,38)/t28-/m0/s1. The fourth-order valence-electron chi connectivity index (χ4n) is 6.06. The molecule has 208 valence electrons. The maximum Gasteiger partial charge on any atom is 0.254 e. The Kier molecular flexibility index (Phi) is 7.67. The fraction of sp³-hybridized carbons (Fsp3) is 0.324. The van der Waals surface area contributed by atoms with Gasteiger partial charge in [0.1, 0.15) is 11.6 Å². The number of anilines is 1. The van der Waals surface area contributed by atoms with Crippen LogP contribution in [0.5, 0.6) is 0 Å². The summed E-state index contributed by atoms with van der Waals surface area (Å²) < 4.78 is 14.1. The highest BCUT2D eigenvalue weighted by atomic mass is 19.1. The molecule has 0 radical (unpaired) electrons. The van der Waals surface area contributed by atoms with E-state index < -0.39 is 0 Å². The number of likely N-dealkylation sites (tertiary alicyclic amines) is 2. The summed E-state index contributed by atoms with van der Waals surface area (Å²) in [5, 5.41) is 13.3. The van der Waals surface area contributed by atoms with Crippen LogP contribution < -0.4 is 5.32 Å². The maximum absolute atomic E-state index is 14.3. The van der Waals surface area contributed by atoms with Gasteiger partial charge in [-0.15, -0.1) is 0 Å². The summed E-state index contributed by atoms with van der Waals surface area (Å²) >= 11 is 0. The number of carbonyl (C=O) groups excluding carboxylic acids is 1. The lowest BCUT2D eigenvalue weighted by Gasteiger charge is -2.29. The predicted octanol–water partition coefficient (Wildman–Crippen LogP) is 6.53. The van der Waals surface area contributed by atoms with Crippen LogP contribution in [0.15, 0.2) is 66.7 Å². The van der Waals surface area contributed by atoms with E-state index in [0.717, 1.165) is 66.6 Å². The van der Waals surface area contributed by atoms with Gasteiger partial charge in [-0.3, -0.25) is 4.79 Å². The van der Waals surface area contributed by atoms with Gasteiger partial charge in [0.25, 0.3) is 5.91 Å². The number of nitrogens with one attached hydrogen (secondary N) is 1. The van der Waals surface area contributed by atoms with Gasteiger partial charge < -0.3 is 15.1 Å². The maximum atomic E-state index is 14.3. The molecule has 3 heterocycles. The average Bonchev–Trinajstić information content (AvgIpc) is 3.69. The smallest absolute Gasteiger partial charge is 0.254 e. The first-order chi connectivity index (χ1) is 20.0. The third-order valence-electron chi connectivity index (χ3n) is 8.40. The molecule has 2 aliphatic heterocycles. The Morgan fingerprint density at radius 2 is 1.78 bits per heavy atom. The summed E-state index contributed by atoms with van der Waals surface area (Å²) in [5.41, 5.74) is 5.30. The minimum Gasteiger partial charge on any atom is -0.366 e. The Balaban J connectivity index is 1.36. The first kappa shape index (κ1) is 26.9. The number of nitrogens with zero attached hydrogens (tertiary/aromatic N) is 4. The molecule has 1 atom stereocenters. The molecule has 1 aromatic heterocycles. The number of fused-ring (bicyclic) bond motifs is 1. The van der Waals surface area contributed by atoms with Crippen LogP contribution in [-0.2, 0) is 6.54 Å². The molecule has 2 saturated heterocycles. The van der Waals surface area contributed by atoms with Gasteiger partial charge in [0.05, 0.1) is 22.7 Å². The topological polar surface area (TPSA) is 72.3 Å². The van der Waals surface area contributed by atoms with E-state index >= 15 is 0 Å². The van der Waals surface area contributed by atoms with Gasteiger partial charge in [-0.2, -0.15) is 5.26 Å². The zero-order valence-corrected chi connectivity index (χ0v) is 23.4. The van der Waals surface area contributed by atoms with Gasteiger partial charge in [-0.1, -0.05) is 30.3 Å². The number of hydrogen-bond donors (Lipinski definition) is 1. The quantitative estimate of drug-likeness (QED) is 0.285. The minimum atomic E-state index is -0.236. The van der Waals surface area contributed by atoms with Gasteiger partial charge in [0.2, 0.25) is 0 Å². The SMILES string of the molecule is Cc1ccc(CNc2cc(C(=O)N3CCC[C@H]3CN3CCCC3)c3cc(-c4ccc(C#N)cc4)ccc3n2)cc1F. The van der Waals surface area contributed by atoms with Crippen molar-refractivity contribution in [3.05, 3.63) is 94.8 Å². The van der Waals surface area contributed by atoms with Crippen molar-refractivity contribution in [2.75, 3.05) is 31.5 Å². The van der Waals surface area contributed by atoms with E-state index in [1.807, 2.05) is 42.5 Å². The van der Waals surface area contributed by atoms with Crippen molar-refractivity contribution < 1.29 is 9.18 Å². The van der Waals surface area contributed by atoms with E-state index in [4.69, 9.17) is 4.98 Å². The molecule has 4 aromatic rings. The molecule has 2 fully saturated rings. The molecular formula is C34H34FN5O. The number of benzene rings is 3. The van der Waals surface area contributed by atoms with E-state index in [-0.39, 0.29) is 17.8 Å². The van der Waals surface area contributed by atoms with Crippen molar-refractivity contribution >= 4 is 22.6 Å². The molecule has 0 aliphatic carbocycles. The van der Waals surface area contributed by atoms with Gasteiger partial charge in [0, 0.05) is 31.1 Å². The normalized spacial score (nSPS) is 17.2. The number of carbonyl (C=O) groups is 1. The van der Waals surface area contributed by atoms with Crippen molar-refractivity contribution in [2.24, 2.45) is 0 Å². The number of hydrogen-bond acceptors (Lipinski definition) is 5. The van der Waals surface area contributed by atoms with E-state index in [9.17, 15) is 14.4 Å². The lowest BCUT2D eigenvalue weighted by atomic mass is 9.99. The Morgan fingerprint density at radius 3 is 2.54 bits per heavy atom. The second-order valence-corrected chi connectivity index (χ2v) is 11.2. The fourth-order valence-corrected chi connectivity index (χ4v) is 6.06. The summed E-state index contributed by atoms with van der Waals surface area (Å²) in [5.74, 6) is 0.379. The highest BCUT2D eigenvalue weighted by Crippen LogP contribution is 2.31. The summed E-state index contributed by atoms with van der Waals surface area (Å²) in [6.07, 6.45) is 4.49. The van der Waals surface area contributed by atoms with Crippen LogP contribution in [0.2, 0.25) is 0 Å². The first-order valence-corrected chi connectivity index (χ1v) is 14.5. The van der Waals surface area contributed by atoms with Crippen molar-refractivity contribution in [3.63, 3.8) is 0 Å². The van der Waals surface area contributed by atoms with Crippen molar-refractivity contribution in [1.82, 2.24) is 14.8 Å². The van der Waals surface area contributed by atoms with Crippen LogP contribution in [0, 0.1) is 24.1 Å². The van der Waals surface area contributed by atoms with Crippen LogP contribution in [0.3, 0.4) is 0 Å². The molecular weight excluding hydrogens is 513 g/mol. The lowest BCUT2D eigenvalue weighted by Crippen LogP contribution is -2.42. The number of halogens is 1. The molecule has 41 heavy (non-hydrogen) atoms. The Hall–Kier alpha value is -4.28. The summed E-state index contributed by atoms with van der Waals surface area (Å²) in [7, 11) is 0. The Morgan fingerprint density at radius 1 is 1.00 bits per heavy atom. The minimum absolute atomic E-state index is 0.0282. The lowest BCUT2D eigenvalue weighted by molar-refractivity contribution is 0.0710. The third kappa shape index (κ3) is 5.79. The highest BCUT2D eigenvalue weighted by Gasteiger charge is 2.32. The van der Waals surface area contributed by atoms with Crippen LogP contribution in [0.25, 0.3) is 22.0 Å².